The van der Waals surface area contributed by atoms with Gasteiger partial charge in [-0.3, -0.25) is 0 Å². The number of nitrogens with zero attached hydrogens (tertiary/aromatic N) is 2. The predicted octanol–water partition coefficient (Wildman–Crippen LogP) is 3.24. The molecule has 0 saturated carbocycles. The highest BCUT2D eigenvalue weighted by molar-refractivity contribution is 6.31. The van der Waals surface area contributed by atoms with Gasteiger partial charge in [0.1, 0.15) is 0 Å². The first-order valence-corrected chi connectivity index (χ1v) is 6.05. The Kier molecular flexibility index (Phi) is 3.50. The van der Waals surface area contributed by atoms with Crippen molar-refractivity contribution in [3.05, 3.63) is 47.0 Å². The standard InChI is InChI=1S/C13H16ClN3/c1-3-12(15)13-7-16-8-17(13)10-5-4-9(2)11(14)6-10/h4-8,12H,3,15H2,1-2H3/t12-/m1/s1. The lowest BCUT2D eigenvalue weighted by molar-refractivity contribution is 0.660. The second kappa shape index (κ2) is 4.90. The second-order valence-corrected chi connectivity index (χ2v) is 4.54. The van der Waals surface area contributed by atoms with E-state index in [1.54, 1.807) is 6.33 Å². The maximum atomic E-state index is 6.13. The summed E-state index contributed by atoms with van der Waals surface area (Å²) in [5.74, 6) is 0. The first-order valence-electron chi connectivity index (χ1n) is 5.67. The molecule has 0 unspecified atom stereocenters. The van der Waals surface area contributed by atoms with E-state index in [9.17, 15) is 0 Å². The maximum Gasteiger partial charge on any atom is 0.0994 e. The van der Waals surface area contributed by atoms with E-state index >= 15 is 0 Å². The Morgan fingerprint density at radius 1 is 1.47 bits per heavy atom. The largest absolute Gasteiger partial charge is 0.323 e. The molecular formula is C13H16ClN3. The highest BCUT2D eigenvalue weighted by Crippen LogP contribution is 2.23. The SMILES string of the molecule is CC[C@@H](N)c1cncn1-c1ccc(C)c(Cl)c1. The minimum atomic E-state index is -0.00224. The maximum absolute atomic E-state index is 6.13. The Morgan fingerprint density at radius 3 is 2.88 bits per heavy atom. The van der Waals surface area contributed by atoms with Crippen molar-refractivity contribution in [1.29, 1.82) is 0 Å². The molecule has 17 heavy (non-hydrogen) atoms. The van der Waals surface area contributed by atoms with Crippen LogP contribution < -0.4 is 5.73 Å². The van der Waals surface area contributed by atoms with Crippen molar-refractivity contribution in [2.45, 2.75) is 26.3 Å². The number of nitrogens with two attached hydrogens (primary N) is 1. The molecule has 0 saturated heterocycles. The van der Waals surface area contributed by atoms with Gasteiger partial charge in [-0.1, -0.05) is 24.6 Å². The van der Waals surface area contributed by atoms with Crippen LogP contribution in [0.2, 0.25) is 5.02 Å². The van der Waals surface area contributed by atoms with Crippen LogP contribution in [0.15, 0.2) is 30.7 Å². The summed E-state index contributed by atoms with van der Waals surface area (Å²) in [6.07, 6.45) is 4.46. The fourth-order valence-electron chi connectivity index (χ4n) is 1.74. The zero-order valence-corrected chi connectivity index (χ0v) is 10.8. The Bertz CT molecular complexity index is 519. The molecule has 0 amide bonds. The number of benzene rings is 1. The predicted molar refractivity (Wildman–Crippen MR) is 70.5 cm³/mol. The van der Waals surface area contributed by atoms with Crippen molar-refractivity contribution in [2.24, 2.45) is 5.73 Å². The summed E-state index contributed by atoms with van der Waals surface area (Å²) in [6, 6.07) is 5.95. The lowest BCUT2D eigenvalue weighted by Gasteiger charge is -2.13. The number of hydrogen-bond donors (Lipinski definition) is 1. The number of aromatic nitrogens is 2. The molecule has 2 rings (SSSR count). The molecule has 1 heterocycles. The summed E-state index contributed by atoms with van der Waals surface area (Å²) >= 11 is 6.13. The van der Waals surface area contributed by atoms with Gasteiger partial charge in [-0.2, -0.15) is 0 Å². The molecule has 0 aliphatic carbocycles. The summed E-state index contributed by atoms with van der Waals surface area (Å²) < 4.78 is 1.99. The van der Waals surface area contributed by atoms with Gasteiger partial charge in [-0.05, 0) is 31.0 Å². The van der Waals surface area contributed by atoms with Gasteiger partial charge >= 0.3 is 0 Å². The van der Waals surface area contributed by atoms with Crippen LogP contribution in [0.25, 0.3) is 5.69 Å². The summed E-state index contributed by atoms with van der Waals surface area (Å²) in [7, 11) is 0. The number of imidazole rings is 1. The van der Waals surface area contributed by atoms with Crippen LogP contribution in [0.1, 0.15) is 30.6 Å². The van der Waals surface area contributed by atoms with Crippen molar-refractivity contribution >= 4 is 11.6 Å². The molecule has 90 valence electrons. The van der Waals surface area contributed by atoms with Crippen LogP contribution in [0, 0.1) is 6.92 Å². The fraction of sp³-hybridized carbons (Fsp3) is 0.308. The molecule has 0 fully saturated rings. The highest BCUT2D eigenvalue weighted by atomic mass is 35.5. The molecule has 2 N–H and O–H groups in total. The molecule has 2 aromatic rings. The first-order chi connectivity index (χ1) is 8.13. The average molecular weight is 250 g/mol. The molecular weight excluding hydrogens is 234 g/mol. The number of halogens is 1. The Balaban J connectivity index is 2.46. The third-order valence-corrected chi connectivity index (χ3v) is 3.33. The molecule has 4 heteroatoms. The van der Waals surface area contributed by atoms with Crippen LogP contribution >= 0.6 is 11.6 Å². The van der Waals surface area contributed by atoms with Crippen LogP contribution in [-0.4, -0.2) is 9.55 Å². The van der Waals surface area contributed by atoms with Crippen molar-refractivity contribution in [3.63, 3.8) is 0 Å². The van der Waals surface area contributed by atoms with Gasteiger partial charge in [0.2, 0.25) is 0 Å². The van der Waals surface area contributed by atoms with E-state index in [1.165, 1.54) is 0 Å². The Hall–Kier alpha value is -1.32. The lowest BCUT2D eigenvalue weighted by Crippen LogP contribution is -2.13. The van der Waals surface area contributed by atoms with Crippen molar-refractivity contribution < 1.29 is 0 Å². The normalized spacial score (nSPS) is 12.7. The molecule has 0 aliphatic heterocycles. The first kappa shape index (κ1) is 12.1. The average Bonchev–Trinajstić information content (AvgIpc) is 2.80. The number of aryl methyl sites for hydroxylation is 1. The molecule has 0 aliphatic rings. The van der Waals surface area contributed by atoms with E-state index in [1.807, 2.05) is 35.9 Å². The monoisotopic (exact) mass is 249 g/mol. The Morgan fingerprint density at radius 2 is 2.24 bits per heavy atom. The molecule has 0 spiro atoms. The number of hydrogen-bond acceptors (Lipinski definition) is 2. The van der Waals surface area contributed by atoms with E-state index in [4.69, 9.17) is 17.3 Å². The summed E-state index contributed by atoms with van der Waals surface area (Å²) in [5.41, 5.74) is 9.12. The third-order valence-electron chi connectivity index (χ3n) is 2.92. The summed E-state index contributed by atoms with van der Waals surface area (Å²) in [5, 5.41) is 0.757. The van der Waals surface area contributed by atoms with E-state index in [0.717, 1.165) is 28.4 Å². The second-order valence-electron chi connectivity index (χ2n) is 4.14. The van der Waals surface area contributed by atoms with Crippen molar-refractivity contribution in [1.82, 2.24) is 9.55 Å². The van der Waals surface area contributed by atoms with Gasteiger partial charge in [-0.25, -0.2) is 4.98 Å². The Labute approximate surface area is 106 Å². The van der Waals surface area contributed by atoms with Crippen LogP contribution in [0.3, 0.4) is 0 Å². The quantitative estimate of drug-likeness (QED) is 0.908. The van der Waals surface area contributed by atoms with Crippen molar-refractivity contribution in [3.8, 4) is 5.69 Å². The van der Waals surface area contributed by atoms with Gasteiger partial charge in [0.25, 0.3) is 0 Å². The molecule has 1 aromatic carbocycles. The van der Waals surface area contributed by atoms with Gasteiger partial charge < -0.3 is 10.3 Å². The fourth-order valence-corrected chi connectivity index (χ4v) is 1.91. The van der Waals surface area contributed by atoms with E-state index in [2.05, 4.69) is 11.9 Å². The summed E-state index contributed by atoms with van der Waals surface area (Å²) in [4.78, 5) is 4.16. The van der Waals surface area contributed by atoms with Gasteiger partial charge in [0, 0.05) is 16.8 Å². The smallest absolute Gasteiger partial charge is 0.0994 e. The lowest BCUT2D eigenvalue weighted by atomic mass is 10.1. The van der Waals surface area contributed by atoms with E-state index in [-0.39, 0.29) is 6.04 Å². The van der Waals surface area contributed by atoms with Crippen LogP contribution in [-0.2, 0) is 0 Å². The zero-order chi connectivity index (χ0) is 12.4. The third kappa shape index (κ3) is 2.35. The summed E-state index contributed by atoms with van der Waals surface area (Å²) in [6.45, 7) is 4.04. The van der Waals surface area contributed by atoms with Gasteiger partial charge in [0.05, 0.1) is 18.2 Å². The molecule has 1 aromatic heterocycles. The van der Waals surface area contributed by atoms with Gasteiger partial charge in [0.15, 0.2) is 0 Å². The highest BCUT2D eigenvalue weighted by Gasteiger charge is 2.11. The van der Waals surface area contributed by atoms with Crippen LogP contribution in [0.4, 0.5) is 0 Å². The minimum absolute atomic E-state index is 0.00224. The van der Waals surface area contributed by atoms with Crippen LogP contribution in [0.5, 0.6) is 0 Å². The molecule has 1 atom stereocenters. The van der Waals surface area contributed by atoms with Crippen molar-refractivity contribution in [2.75, 3.05) is 0 Å². The molecule has 3 nitrogen and oxygen atoms in total. The van der Waals surface area contributed by atoms with Gasteiger partial charge in [-0.15, -0.1) is 0 Å². The molecule has 0 bridgehead atoms. The number of rotatable bonds is 3. The minimum Gasteiger partial charge on any atom is -0.323 e. The zero-order valence-electron chi connectivity index (χ0n) is 10.0. The molecule has 0 radical (unpaired) electrons. The van der Waals surface area contributed by atoms with E-state index in [0.29, 0.717) is 0 Å². The van der Waals surface area contributed by atoms with E-state index < -0.39 is 0 Å². The topological polar surface area (TPSA) is 43.8 Å².